The van der Waals surface area contributed by atoms with Gasteiger partial charge in [0.05, 0.1) is 0 Å². The number of rotatable bonds is 2. The lowest BCUT2D eigenvalue weighted by atomic mass is 9.52. The van der Waals surface area contributed by atoms with Crippen LogP contribution in [0.5, 0.6) is 0 Å². The number of carbonyl (C=O) groups excluding carboxylic acids is 1. The smallest absolute Gasteiger partial charge is 0.155 e. The normalized spacial score (nSPS) is 38.8. The molecule has 0 spiro atoms. The van der Waals surface area contributed by atoms with Crippen molar-refractivity contribution in [2.45, 2.75) is 67.2 Å². The van der Waals surface area contributed by atoms with Crippen LogP contribution in [-0.2, 0) is 4.79 Å². The maximum absolute atomic E-state index is 12.0. The van der Waals surface area contributed by atoms with Crippen LogP contribution < -0.4 is 0 Å². The number of ketones is 1. The number of hydrogen-bond donors (Lipinski definition) is 0. The van der Waals surface area contributed by atoms with Crippen molar-refractivity contribution < 1.29 is 4.79 Å². The van der Waals surface area contributed by atoms with Crippen LogP contribution in [0.1, 0.15) is 67.2 Å². The Balaban J connectivity index is 2.57. The first-order valence-corrected chi connectivity index (χ1v) is 7.48. The summed E-state index contributed by atoms with van der Waals surface area (Å²) in [6.45, 7) is 13.4. The lowest BCUT2D eigenvalue weighted by Crippen LogP contribution is -2.44. The number of allylic oxidation sites excluding steroid dienone is 2. The minimum absolute atomic E-state index is 0.194. The molecule has 0 bridgehead atoms. The van der Waals surface area contributed by atoms with E-state index in [4.69, 9.17) is 0 Å². The highest BCUT2D eigenvalue weighted by atomic mass is 16.1. The minimum atomic E-state index is 0.194. The van der Waals surface area contributed by atoms with Crippen LogP contribution in [0.25, 0.3) is 0 Å². The SMILES string of the molecule is CC[C@]12CC(C(C)=O)=C(C)C(C)(C)C1CC[C@H]2C. The van der Waals surface area contributed by atoms with Crippen molar-refractivity contribution in [1.82, 2.24) is 0 Å². The predicted molar refractivity (Wildman–Crippen MR) is 76.4 cm³/mol. The molecule has 2 rings (SSSR count). The van der Waals surface area contributed by atoms with Crippen LogP contribution in [0.2, 0.25) is 0 Å². The Kier molecular flexibility index (Phi) is 3.24. The fraction of sp³-hybridized carbons (Fsp3) is 0.824. The van der Waals surface area contributed by atoms with E-state index < -0.39 is 0 Å². The molecule has 0 aliphatic heterocycles. The van der Waals surface area contributed by atoms with Crippen molar-refractivity contribution in [2.24, 2.45) is 22.7 Å². The van der Waals surface area contributed by atoms with Gasteiger partial charge in [-0.3, -0.25) is 4.79 Å². The van der Waals surface area contributed by atoms with Crippen molar-refractivity contribution >= 4 is 5.78 Å². The summed E-state index contributed by atoms with van der Waals surface area (Å²) in [5.41, 5.74) is 3.06. The van der Waals surface area contributed by atoms with E-state index in [-0.39, 0.29) is 5.41 Å². The molecule has 0 heterocycles. The molecule has 0 N–H and O–H groups in total. The molecule has 2 aliphatic carbocycles. The molecule has 1 heteroatoms. The van der Waals surface area contributed by atoms with E-state index in [2.05, 4.69) is 34.6 Å². The predicted octanol–water partition coefficient (Wildman–Crippen LogP) is 4.76. The second-order valence-electron chi connectivity index (χ2n) is 7.18. The van der Waals surface area contributed by atoms with Crippen molar-refractivity contribution in [2.75, 3.05) is 0 Å². The first-order chi connectivity index (χ1) is 8.27. The second kappa shape index (κ2) is 4.21. The summed E-state index contributed by atoms with van der Waals surface area (Å²) in [5.74, 6) is 1.81. The Morgan fingerprint density at radius 2 is 1.94 bits per heavy atom. The lowest BCUT2D eigenvalue weighted by Gasteiger charge is -2.52. The van der Waals surface area contributed by atoms with Gasteiger partial charge in [0.25, 0.3) is 0 Å². The summed E-state index contributed by atoms with van der Waals surface area (Å²) in [5, 5.41) is 0. The van der Waals surface area contributed by atoms with Crippen molar-refractivity contribution in [1.29, 1.82) is 0 Å². The summed E-state index contributed by atoms with van der Waals surface area (Å²) in [6, 6.07) is 0. The summed E-state index contributed by atoms with van der Waals surface area (Å²) in [6.07, 6.45) is 4.91. The van der Waals surface area contributed by atoms with Crippen molar-refractivity contribution in [3.05, 3.63) is 11.1 Å². The fourth-order valence-electron chi connectivity index (χ4n) is 4.93. The van der Waals surface area contributed by atoms with Gasteiger partial charge in [0.15, 0.2) is 5.78 Å². The van der Waals surface area contributed by atoms with Crippen molar-refractivity contribution in [3.8, 4) is 0 Å². The molecule has 1 nitrogen and oxygen atoms in total. The molecule has 18 heavy (non-hydrogen) atoms. The largest absolute Gasteiger partial charge is 0.295 e. The summed E-state index contributed by atoms with van der Waals surface area (Å²) in [7, 11) is 0. The third-order valence-corrected chi connectivity index (χ3v) is 6.44. The van der Waals surface area contributed by atoms with Crippen molar-refractivity contribution in [3.63, 3.8) is 0 Å². The number of hydrogen-bond acceptors (Lipinski definition) is 1. The quantitative estimate of drug-likeness (QED) is 0.688. The maximum Gasteiger partial charge on any atom is 0.155 e. The monoisotopic (exact) mass is 248 g/mol. The Hall–Kier alpha value is -0.590. The molecule has 0 aromatic carbocycles. The summed E-state index contributed by atoms with van der Waals surface area (Å²) >= 11 is 0. The van der Waals surface area contributed by atoms with E-state index in [0.29, 0.717) is 11.2 Å². The molecular weight excluding hydrogens is 220 g/mol. The maximum atomic E-state index is 12.0. The highest BCUT2D eigenvalue weighted by Crippen LogP contribution is 2.64. The van der Waals surface area contributed by atoms with Crippen LogP contribution in [0.4, 0.5) is 0 Å². The fourth-order valence-corrected chi connectivity index (χ4v) is 4.93. The Bertz CT molecular complexity index is 402. The third kappa shape index (κ3) is 1.62. The number of carbonyl (C=O) groups is 1. The zero-order valence-electron chi connectivity index (χ0n) is 12.9. The van der Waals surface area contributed by atoms with E-state index >= 15 is 0 Å². The van der Waals surface area contributed by atoms with Crippen LogP contribution >= 0.6 is 0 Å². The van der Waals surface area contributed by atoms with Crippen LogP contribution in [0.15, 0.2) is 11.1 Å². The average Bonchev–Trinajstić information content (AvgIpc) is 2.63. The number of fused-ring (bicyclic) bond motifs is 1. The van der Waals surface area contributed by atoms with Gasteiger partial charge in [0.2, 0.25) is 0 Å². The van der Waals surface area contributed by atoms with Gasteiger partial charge in [-0.2, -0.15) is 0 Å². The van der Waals surface area contributed by atoms with Gasteiger partial charge in [0, 0.05) is 0 Å². The Morgan fingerprint density at radius 3 is 2.44 bits per heavy atom. The van der Waals surface area contributed by atoms with Gasteiger partial charge in [0.1, 0.15) is 0 Å². The highest BCUT2D eigenvalue weighted by Gasteiger charge is 2.56. The van der Waals surface area contributed by atoms with E-state index in [9.17, 15) is 4.79 Å². The highest BCUT2D eigenvalue weighted by molar-refractivity contribution is 5.94. The van der Waals surface area contributed by atoms with E-state index in [0.717, 1.165) is 23.8 Å². The molecule has 102 valence electrons. The van der Waals surface area contributed by atoms with Gasteiger partial charge in [-0.15, -0.1) is 0 Å². The molecule has 1 saturated carbocycles. The lowest BCUT2D eigenvalue weighted by molar-refractivity contribution is -0.114. The van der Waals surface area contributed by atoms with E-state index in [1.165, 1.54) is 24.8 Å². The molecule has 3 atom stereocenters. The molecule has 0 aromatic rings. The molecule has 0 radical (unpaired) electrons. The summed E-state index contributed by atoms with van der Waals surface area (Å²) in [4.78, 5) is 12.0. The molecule has 0 amide bonds. The van der Waals surface area contributed by atoms with Gasteiger partial charge < -0.3 is 0 Å². The molecule has 0 saturated heterocycles. The van der Waals surface area contributed by atoms with E-state index in [1.54, 1.807) is 6.92 Å². The molecule has 1 unspecified atom stereocenters. The molecule has 0 aromatic heterocycles. The minimum Gasteiger partial charge on any atom is -0.295 e. The zero-order valence-corrected chi connectivity index (χ0v) is 12.9. The van der Waals surface area contributed by atoms with Crippen LogP contribution in [0, 0.1) is 22.7 Å². The molecular formula is C17H28O. The molecule has 1 fully saturated rings. The third-order valence-electron chi connectivity index (χ3n) is 6.44. The van der Waals surface area contributed by atoms with Crippen LogP contribution in [-0.4, -0.2) is 5.78 Å². The summed E-state index contributed by atoms with van der Waals surface area (Å²) < 4.78 is 0. The Labute approximate surface area is 112 Å². The van der Waals surface area contributed by atoms with E-state index in [1.807, 2.05) is 0 Å². The van der Waals surface area contributed by atoms with Gasteiger partial charge in [-0.05, 0) is 67.8 Å². The van der Waals surface area contributed by atoms with Gasteiger partial charge in [-0.1, -0.05) is 33.3 Å². The van der Waals surface area contributed by atoms with Gasteiger partial charge in [-0.25, -0.2) is 0 Å². The second-order valence-corrected chi connectivity index (χ2v) is 7.18. The number of Topliss-reactive ketones (excluding diaryl/α,β-unsaturated/α-hetero) is 1. The zero-order chi connectivity index (χ0) is 13.7. The Morgan fingerprint density at radius 1 is 1.33 bits per heavy atom. The molecule has 2 aliphatic rings. The topological polar surface area (TPSA) is 17.1 Å². The van der Waals surface area contributed by atoms with Gasteiger partial charge >= 0.3 is 0 Å². The average molecular weight is 248 g/mol. The first-order valence-electron chi connectivity index (χ1n) is 7.48. The first kappa shape index (κ1) is 13.8. The van der Waals surface area contributed by atoms with Crippen LogP contribution in [0.3, 0.4) is 0 Å². The standard InChI is InChI=1S/C17H28O/c1-7-17-10-14(13(4)18)12(3)16(5,6)15(17)9-8-11(17)2/h11,15H,7-10H2,1-6H3/t11-,15?,17-/m1/s1.